The van der Waals surface area contributed by atoms with Gasteiger partial charge in [-0.05, 0) is 12.1 Å². The molecule has 6 nitrogen and oxygen atoms in total. The number of aromatic nitrogens is 3. The molecule has 0 aliphatic heterocycles. The van der Waals surface area contributed by atoms with Crippen LogP contribution < -0.4 is 0 Å². The van der Waals surface area contributed by atoms with Crippen molar-refractivity contribution in [1.29, 1.82) is 0 Å². The number of imidazole rings is 1. The van der Waals surface area contributed by atoms with Gasteiger partial charge in [0.2, 0.25) is 5.03 Å². The van der Waals surface area contributed by atoms with Crippen LogP contribution in [0.15, 0.2) is 35.7 Å². The smallest absolute Gasteiger partial charge is 0.263 e. The molecule has 8 heteroatoms. The van der Waals surface area contributed by atoms with Crippen molar-refractivity contribution in [3.8, 4) is 0 Å². The fourth-order valence-electron chi connectivity index (χ4n) is 1.65. The molecule has 2 heterocycles. The van der Waals surface area contributed by atoms with E-state index in [-0.39, 0.29) is 10.2 Å². The predicted octanol–water partition coefficient (Wildman–Crippen LogP) is 1.33. The van der Waals surface area contributed by atoms with E-state index in [4.69, 9.17) is 11.6 Å². The molecule has 0 N–H and O–H groups in total. The van der Waals surface area contributed by atoms with Crippen molar-refractivity contribution in [2.24, 2.45) is 7.05 Å². The summed E-state index contributed by atoms with van der Waals surface area (Å²) >= 11 is 5.94. The summed E-state index contributed by atoms with van der Waals surface area (Å²) in [6.07, 6.45) is 3.59. The number of likely N-dealkylation sites (N-methyl/N-ethyl adjacent to an activating group) is 1. The average molecular weight is 315 g/mol. The lowest BCUT2D eigenvalue weighted by Crippen LogP contribution is -2.29. The summed E-state index contributed by atoms with van der Waals surface area (Å²) in [5, 5.41) is -0.0140. The molecule has 20 heavy (non-hydrogen) atoms. The Hall–Kier alpha value is -1.44. The zero-order chi connectivity index (χ0) is 14.8. The second-order valence-corrected chi connectivity index (χ2v) is 6.67. The van der Waals surface area contributed by atoms with Gasteiger partial charge in [0.15, 0.2) is 0 Å². The normalized spacial score (nSPS) is 12.0. The third-order valence-corrected chi connectivity index (χ3v) is 5.25. The topological polar surface area (TPSA) is 68.1 Å². The molecule has 0 radical (unpaired) electrons. The molecule has 108 valence electrons. The van der Waals surface area contributed by atoms with E-state index in [0.717, 1.165) is 5.69 Å². The van der Waals surface area contributed by atoms with Gasteiger partial charge in [0.25, 0.3) is 10.0 Å². The van der Waals surface area contributed by atoms with Gasteiger partial charge in [-0.2, -0.15) is 4.31 Å². The van der Waals surface area contributed by atoms with Crippen molar-refractivity contribution in [1.82, 2.24) is 18.8 Å². The molecule has 0 amide bonds. The minimum atomic E-state index is -3.68. The van der Waals surface area contributed by atoms with Gasteiger partial charge in [0, 0.05) is 39.0 Å². The molecule has 0 aliphatic rings. The van der Waals surface area contributed by atoms with Gasteiger partial charge < -0.3 is 4.57 Å². The van der Waals surface area contributed by atoms with E-state index < -0.39 is 10.0 Å². The van der Waals surface area contributed by atoms with E-state index in [1.165, 1.54) is 22.2 Å². The largest absolute Gasteiger partial charge is 0.324 e. The second kappa shape index (κ2) is 5.90. The van der Waals surface area contributed by atoms with Gasteiger partial charge >= 0.3 is 0 Å². The number of hydrogen-bond acceptors (Lipinski definition) is 4. The fraction of sp³-hybridized carbons (Fsp3) is 0.333. The monoisotopic (exact) mass is 314 g/mol. The van der Waals surface area contributed by atoms with Crippen LogP contribution in [-0.2, 0) is 23.5 Å². The van der Waals surface area contributed by atoms with E-state index >= 15 is 0 Å². The second-order valence-electron chi connectivity index (χ2n) is 4.35. The summed E-state index contributed by atoms with van der Waals surface area (Å²) in [5.41, 5.74) is 0.835. The van der Waals surface area contributed by atoms with Crippen LogP contribution in [0, 0.1) is 0 Å². The van der Waals surface area contributed by atoms with Gasteiger partial charge in [-0.25, -0.2) is 13.4 Å². The highest BCUT2D eigenvalue weighted by molar-refractivity contribution is 7.89. The highest BCUT2D eigenvalue weighted by atomic mass is 35.5. The molecule has 0 aliphatic carbocycles. The molecular formula is C12H15ClN4O2S. The van der Waals surface area contributed by atoms with Crippen molar-refractivity contribution in [2.45, 2.75) is 11.4 Å². The molecule has 2 aromatic heterocycles. The Bertz CT molecular complexity index is 685. The van der Waals surface area contributed by atoms with Gasteiger partial charge in [-0.3, -0.25) is 4.98 Å². The van der Waals surface area contributed by atoms with E-state index in [0.29, 0.717) is 13.0 Å². The van der Waals surface area contributed by atoms with Crippen molar-refractivity contribution < 1.29 is 8.42 Å². The maximum absolute atomic E-state index is 12.3. The van der Waals surface area contributed by atoms with Crippen LogP contribution in [0.25, 0.3) is 0 Å². The zero-order valence-electron chi connectivity index (χ0n) is 11.2. The molecule has 0 fully saturated rings. The Labute approximate surface area is 123 Å². The third-order valence-electron chi connectivity index (χ3n) is 2.90. The highest BCUT2D eigenvalue weighted by Crippen LogP contribution is 2.21. The number of aryl methyl sites for hydroxylation is 1. The molecule has 0 bridgehead atoms. The average Bonchev–Trinajstić information content (AvgIpc) is 2.78. The SMILES string of the molecule is CN(CCc1ccccn1)S(=O)(=O)c1ncn(C)c1Cl. The van der Waals surface area contributed by atoms with Crippen LogP contribution in [0.4, 0.5) is 0 Å². The first kappa shape index (κ1) is 15.0. The van der Waals surface area contributed by atoms with Gasteiger partial charge in [-0.1, -0.05) is 17.7 Å². The Morgan fingerprint density at radius 1 is 1.35 bits per heavy atom. The minimum Gasteiger partial charge on any atom is -0.324 e. The van der Waals surface area contributed by atoms with Crippen LogP contribution in [0.3, 0.4) is 0 Å². The quantitative estimate of drug-likeness (QED) is 0.835. The van der Waals surface area contributed by atoms with Crippen molar-refractivity contribution >= 4 is 21.6 Å². The zero-order valence-corrected chi connectivity index (χ0v) is 12.8. The van der Waals surface area contributed by atoms with E-state index in [2.05, 4.69) is 9.97 Å². The number of hydrogen-bond donors (Lipinski definition) is 0. The summed E-state index contributed by atoms with van der Waals surface area (Å²) in [6, 6.07) is 5.54. The fourth-order valence-corrected chi connectivity index (χ4v) is 3.20. The molecule has 0 unspecified atom stereocenters. The van der Waals surface area contributed by atoms with E-state index in [1.54, 1.807) is 13.2 Å². The standard InChI is InChI=1S/C12H15ClN4O2S/c1-16-9-15-12(11(16)13)20(18,19)17(2)8-6-10-5-3-4-7-14-10/h3-5,7,9H,6,8H2,1-2H3. The molecule has 2 aromatic rings. The van der Waals surface area contributed by atoms with E-state index in [1.807, 2.05) is 18.2 Å². The Morgan fingerprint density at radius 2 is 2.10 bits per heavy atom. The highest BCUT2D eigenvalue weighted by Gasteiger charge is 2.26. The number of pyridine rings is 1. The molecule has 0 atom stereocenters. The predicted molar refractivity (Wildman–Crippen MR) is 76.0 cm³/mol. The summed E-state index contributed by atoms with van der Waals surface area (Å²) < 4.78 is 27.4. The molecule has 0 saturated heterocycles. The van der Waals surface area contributed by atoms with Crippen LogP contribution in [0.1, 0.15) is 5.69 Å². The number of sulfonamides is 1. The van der Waals surface area contributed by atoms with Gasteiger partial charge in [-0.15, -0.1) is 0 Å². The Morgan fingerprint density at radius 3 is 2.65 bits per heavy atom. The Balaban J connectivity index is 2.12. The van der Waals surface area contributed by atoms with Crippen molar-refractivity contribution in [3.63, 3.8) is 0 Å². The van der Waals surface area contributed by atoms with Crippen LogP contribution in [0.2, 0.25) is 5.15 Å². The summed E-state index contributed by atoms with van der Waals surface area (Å²) in [6.45, 7) is 0.312. The first-order valence-electron chi connectivity index (χ1n) is 5.96. The van der Waals surface area contributed by atoms with Crippen LogP contribution in [-0.4, -0.2) is 40.9 Å². The van der Waals surface area contributed by atoms with Crippen LogP contribution >= 0.6 is 11.6 Å². The lowest BCUT2D eigenvalue weighted by atomic mass is 10.3. The summed E-state index contributed by atoms with van der Waals surface area (Å²) in [7, 11) is -0.533. The maximum Gasteiger partial charge on any atom is 0.263 e. The maximum atomic E-state index is 12.3. The summed E-state index contributed by atoms with van der Waals surface area (Å²) in [5.74, 6) is 0. The molecule has 0 aromatic carbocycles. The van der Waals surface area contributed by atoms with Gasteiger partial charge in [0.1, 0.15) is 5.15 Å². The van der Waals surface area contributed by atoms with Crippen molar-refractivity contribution in [3.05, 3.63) is 41.6 Å². The van der Waals surface area contributed by atoms with Crippen LogP contribution in [0.5, 0.6) is 0 Å². The number of rotatable bonds is 5. The van der Waals surface area contributed by atoms with Crippen molar-refractivity contribution in [2.75, 3.05) is 13.6 Å². The molecule has 0 spiro atoms. The van der Waals surface area contributed by atoms with Gasteiger partial charge in [0.05, 0.1) is 6.33 Å². The minimum absolute atomic E-state index is 0.106. The van der Waals surface area contributed by atoms with E-state index in [9.17, 15) is 8.42 Å². The first-order valence-corrected chi connectivity index (χ1v) is 7.78. The number of halogens is 1. The lowest BCUT2D eigenvalue weighted by molar-refractivity contribution is 0.468. The molecule has 0 saturated carbocycles. The third kappa shape index (κ3) is 3.00. The lowest BCUT2D eigenvalue weighted by Gasteiger charge is -2.15. The molecule has 2 rings (SSSR count). The Kier molecular flexibility index (Phi) is 4.42. The molecular weight excluding hydrogens is 300 g/mol. The summed E-state index contributed by atoms with van der Waals surface area (Å²) in [4.78, 5) is 8.01. The first-order chi connectivity index (χ1) is 9.43. The number of nitrogens with zero attached hydrogens (tertiary/aromatic N) is 4.